The van der Waals surface area contributed by atoms with E-state index in [2.05, 4.69) is 37.7 Å². The molecule has 2 aromatic rings. The lowest BCUT2D eigenvalue weighted by Gasteiger charge is -2.30. The molecule has 9 heteroatoms. The summed E-state index contributed by atoms with van der Waals surface area (Å²) in [5.74, 6) is 1.18. The second kappa shape index (κ2) is 7.19. The van der Waals surface area contributed by atoms with Crippen LogP contribution in [0.15, 0.2) is 9.90 Å². The van der Waals surface area contributed by atoms with E-state index in [0.717, 1.165) is 25.3 Å². The topological polar surface area (TPSA) is 96.2 Å². The van der Waals surface area contributed by atoms with Crippen molar-refractivity contribution in [3.05, 3.63) is 22.8 Å². The molecule has 0 bridgehead atoms. The van der Waals surface area contributed by atoms with Gasteiger partial charge in [0.15, 0.2) is 11.0 Å². The van der Waals surface area contributed by atoms with Crippen LogP contribution >= 0.6 is 11.3 Å². The molecule has 3 heterocycles. The summed E-state index contributed by atoms with van der Waals surface area (Å²) in [6, 6.07) is 0.128. The molecule has 1 fully saturated rings. The fraction of sp³-hybridized carbons (Fsp3) is 0.625. The van der Waals surface area contributed by atoms with Crippen LogP contribution in [0.1, 0.15) is 44.2 Å². The molecular formula is C16H24N6O2S. The highest BCUT2D eigenvalue weighted by Crippen LogP contribution is 2.22. The Balaban J connectivity index is 1.63. The lowest BCUT2D eigenvalue weighted by molar-refractivity contribution is -0.123. The Labute approximate surface area is 151 Å². The molecule has 2 N–H and O–H groups in total. The number of amides is 1. The van der Waals surface area contributed by atoms with Crippen LogP contribution in [0.25, 0.3) is 0 Å². The molecule has 8 nitrogen and oxygen atoms in total. The SMILES string of the molecule is CN1CCNCC1c1noc(Cc2csc(NC(=O)C(C)(C)C)n2)n1. The maximum Gasteiger partial charge on any atom is 0.232 e. The molecule has 25 heavy (non-hydrogen) atoms. The maximum absolute atomic E-state index is 12.0. The Morgan fingerprint density at radius 2 is 2.28 bits per heavy atom. The van der Waals surface area contributed by atoms with E-state index in [1.54, 1.807) is 0 Å². The van der Waals surface area contributed by atoms with Crippen molar-refractivity contribution < 1.29 is 9.32 Å². The molecule has 1 amide bonds. The van der Waals surface area contributed by atoms with Crippen molar-refractivity contribution in [2.75, 3.05) is 32.0 Å². The first-order chi connectivity index (χ1) is 11.8. The van der Waals surface area contributed by atoms with Gasteiger partial charge >= 0.3 is 0 Å². The van der Waals surface area contributed by atoms with Crippen molar-refractivity contribution in [1.29, 1.82) is 0 Å². The molecule has 1 saturated heterocycles. The normalized spacial score (nSPS) is 19.1. The summed E-state index contributed by atoms with van der Waals surface area (Å²) in [6.45, 7) is 8.35. The molecule has 0 aromatic carbocycles. The largest absolute Gasteiger partial charge is 0.339 e. The van der Waals surface area contributed by atoms with E-state index in [1.165, 1.54) is 11.3 Å². The van der Waals surface area contributed by atoms with Crippen molar-refractivity contribution in [3.63, 3.8) is 0 Å². The summed E-state index contributed by atoms with van der Waals surface area (Å²) in [5.41, 5.74) is 0.354. The minimum atomic E-state index is -0.451. The molecule has 0 radical (unpaired) electrons. The number of anilines is 1. The van der Waals surface area contributed by atoms with Crippen molar-refractivity contribution >= 4 is 22.4 Å². The first-order valence-corrected chi connectivity index (χ1v) is 9.20. The number of hydrogen-bond acceptors (Lipinski definition) is 8. The van der Waals surface area contributed by atoms with E-state index in [-0.39, 0.29) is 11.9 Å². The van der Waals surface area contributed by atoms with Gasteiger partial charge in [-0.2, -0.15) is 4.98 Å². The van der Waals surface area contributed by atoms with Crippen molar-refractivity contribution in [1.82, 2.24) is 25.3 Å². The zero-order valence-corrected chi connectivity index (χ0v) is 15.8. The molecule has 1 unspecified atom stereocenters. The summed E-state index contributed by atoms with van der Waals surface area (Å²) in [7, 11) is 2.06. The number of likely N-dealkylation sites (N-methyl/N-ethyl adjacent to an activating group) is 1. The molecule has 0 spiro atoms. The predicted octanol–water partition coefficient (Wildman–Crippen LogP) is 1.68. The number of hydrogen-bond donors (Lipinski definition) is 2. The van der Waals surface area contributed by atoms with E-state index >= 15 is 0 Å². The van der Waals surface area contributed by atoms with Gasteiger partial charge in [0.1, 0.15) is 0 Å². The molecule has 1 aliphatic rings. The van der Waals surface area contributed by atoms with Gasteiger partial charge in [0.05, 0.1) is 18.2 Å². The van der Waals surface area contributed by atoms with Crippen molar-refractivity contribution in [2.45, 2.75) is 33.2 Å². The highest BCUT2D eigenvalue weighted by molar-refractivity contribution is 7.13. The molecule has 0 saturated carbocycles. The number of thiazole rings is 1. The van der Waals surface area contributed by atoms with E-state index < -0.39 is 5.41 Å². The van der Waals surface area contributed by atoms with E-state index in [0.29, 0.717) is 23.3 Å². The number of carbonyl (C=O) groups excluding carboxylic acids is 1. The predicted molar refractivity (Wildman–Crippen MR) is 95.5 cm³/mol. The Kier molecular flexibility index (Phi) is 5.16. The quantitative estimate of drug-likeness (QED) is 0.852. The number of carbonyl (C=O) groups is 1. The van der Waals surface area contributed by atoms with Gasteiger partial charge in [-0.3, -0.25) is 9.69 Å². The van der Waals surface area contributed by atoms with Gasteiger partial charge in [0.2, 0.25) is 11.8 Å². The number of rotatable bonds is 4. The van der Waals surface area contributed by atoms with Crippen molar-refractivity contribution in [3.8, 4) is 0 Å². The summed E-state index contributed by atoms with van der Waals surface area (Å²) < 4.78 is 5.38. The van der Waals surface area contributed by atoms with Crippen LogP contribution < -0.4 is 10.6 Å². The van der Waals surface area contributed by atoms with Crippen LogP contribution in [0, 0.1) is 5.41 Å². The fourth-order valence-corrected chi connectivity index (χ4v) is 3.16. The summed E-state index contributed by atoms with van der Waals surface area (Å²) in [6.07, 6.45) is 0.457. The van der Waals surface area contributed by atoms with E-state index in [1.807, 2.05) is 26.2 Å². The molecule has 2 aromatic heterocycles. The number of nitrogens with zero attached hydrogens (tertiary/aromatic N) is 4. The van der Waals surface area contributed by atoms with Crippen LogP contribution in [-0.2, 0) is 11.2 Å². The lowest BCUT2D eigenvalue weighted by atomic mass is 9.96. The van der Waals surface area contributed by atoms with Crippen LogP contribution in [0.4, 0.5) is 5.13 Å². The van der Waals surface area contributed by atoms with Gasteiger partial charge in [-0.1, -0.05) is 25.9 Å². The average molecular weight is 364 g/mol. The molecule has 1 atom stereocenters. The van der Waals surface area contributed by atoms with Gasteiger partial charge in [-0.05, 0) is 7.05 Å². The van der Waals surface area contributed by atoms with Gasteiger partial charge in [-0.25, -0.2) is 4.98 Å². The highest BCUT2D eigenvalue weighted by atomic mass is 32.1. The van der Waals surface area contributed by atoms with Gasteiger partial charge in [0, 0.05) is 30.4 Å². The molecule has 0 aliphatic carbocycles. The Bertz CT molecular complexity index is 735. The average Bonchev–Trinajstić information content (AvgIpc) is 3.17. The van der Waals surface area contributed by atoms with Crippen molar-refractivity contribution in [2.24, 2.45) is 5.41 Å². The maximum atomic E-state index is 12.0. The van der Waals surface area contributed by atoms with Crippen LogP contribution in [0.3, 0.4) is 0 Å². The fourth-order valence-electron chi connectivity index (χ4n) is 2.45. The van der Waals surface area contributed by atoms with Crippen LogP contribution in [0.2, 0.25) is 0 Å². The number of nitrogens with one attached hydrogen (secondary N) is 2. The second-order valence-electron chi connectivity index (χ2n) is 7.27. The third-order valence-electron chi connectivity index (χ3n) is 4.08. The van der Waals surface area contributed by atoms with Gasteiger partial charge < -0.3 is 15.2 Å². The lowest BCUT2D eigenvalue weighted by Crippen LogP contribution is -2.44. The Morgan fingerprint density at radius 3 is 3.00 bits per heavy atom. The third-order valence-corrected chi connectivity index (χ3v) is 4.89. The second-order valence-corrected chi connectivity index (χ2v) is 8.13. The third kappa shape index (κ3) is 4.42. The zero-order chi connectivity index (χ0) is 18.0. The zero-order valence-electron chi connectivity index (χ0n) is 15.0. The molecule has 136 valence electrons. The van der Waals surface area contributed by atoms with Crippen LogP contribution in [-0.4, -0.2) is 52.6 Å². The smallest absolute Gasteiger partial charge is 0.232 e. The highest BCUT2D eigenvalue weighted by Gasteiger charge is 2.26. The number of aromatic nitrogens is 3. The van der Waals surface area contributed by atoms with Crippen LogP contribution in [0.5, 0.6) is 0 Å². The Hall–Kier alpha value is -1.84. The number of piperazine rings is 1. The summed E-state index contributed by atoms with van der Waals surface area (Å²) in [5, 5.41) is 12.8. The standard InChI is InChI=1S/C16H24N6O2S/c1-16(2,3)14(23)20-15-18-10(9-25-15)7-12-19-13(21-24-12)11-8-17-5-6-22(11)4/h9,11,17H,5-8H2,1-4H3,(H,18,20,23). The summed E-state index contributed by atoms with van der Waals surface area (Å²) in [4.78, 5) is 23.2. The summed E-state index contributed by atoms with van der Waals surface area (Å²) >= 11 is 1.40. The molecule has 1 aliphatic heterocycles. The molecule has 3 rings (SSSR count). The van der Waals surface area contributed by atoms with Gasteiger partial charge in [-0.15, -0.1) is 11.3 Å². The van der Waals surface area contributed by atoms with Gasteiger partial charge in [0.25, 0.3) is 0 Å². The monoisotopic (exact) mass is 364 g/mol. The first kappa shape index (κ1) is 18.0. The Morgan fingerprint density at radius 1 is 1.48 bits per heavy atom. The minimum absolute atomic E-state index is 0.0543. The van der Waals surface area contributed by atoms with E-state index in [4.69, 9.17) is 4.52 Å². The first-order valence-electron chi connectivity index (χ1n) is 8.32. The molecular weight excluding hydrogens is 340 g/mol. The van der Waals surface area contributed by atoms with E-state index in [9.17, 15) is 4.79 Å². The minimum Gasteiger partial charge on any atom is -0.339 e.